The fraction of sp³-hybridized carbons (Fsp3) is 0.537. The van der Waals surface area contributed by atoms with Gasteiger partial charge in [0, 0.05) is 42.2 Å². The highest BCUT2D eigenvalue weighted by atomic mass is 127. The number of carbonyl (C=O) groups is 7. The van der Waals surface area contributed by atoms with Crippen molar-refractivity contribution in [3.05, 3.63) is 102 Å². The molecule has 15 heteroatoms. The average Bonchev–Trinajstić information content (AvgIpc) is 3.33. The summed E-state index contributed by atoms with van der Waals surface area (Å²) in [5.74, 6) is -4.24. The number of rotatable bonds is 30. The average molecular weight is 1070 g/mol. The molecule has 0 radical (unpaired) electrons. The van der Waals surface area contributed by atoms with E-state index in [1.165, 1.54) is 6.92 Å². The molecule has 0 aromatic heterocycles. The molecule has 1 aliphatic heterocycles. The Bertz CT molecular complexity index is 2110. The molecule has 3 aromatic rings. The topological polar surface area (TPSA) is 184 Å². The third-order valence-corrected chi connectivity index (χ3v) is 13.5. The Labute approximate surface area is 421 Å². The van der Waals surface area contributed by atoms with Crippen LogP contribution in [0.5, 0.6) is 5.75 Å². The molecule has 4 rings (SSSR count). The molecule has 1 fully saturated rings. The first-order valence-electron chi connectivity index (χ1n) is 24.1. The first kappa shape index (κ1) is 56.6. The SMILES string of the molecule is COc1ccc(COC(=O)CCC(=O)O[C@](C)(CI)C(=O)[C@H](CC(C)C)NC(=O)[C@@H](CC(=O)[C@H](CC(C)C)NC(=O)[C@H](CCc2ccccc2)CC(=O)CN2CCOCC2)Cc2ccccc2)cc1. The molecular weight excluding hydrogens is 994 g/mol. The quantitative estimate of drug-likeness (QED) is 0.0388. The van der Waals surface area contributed by atoms with Crippen molar-refractivity contribution in [3.8, 4) is 5.75 Å². The molecule has 69 heavy (non-hydrogen) atoms. The largest absolute Gasteiger partial charge is 0.497 e. The highest BCUT2D eigenvalue weighted by Crippen LogP contribution is 2.25. The van der Waals surface area contributed by atoms with Crippen LogP contribution in [0.1, 0.15) is 96.3 Å². The van der Waals surface area contributed by atoms with Crippen LogP contribution < -0.4 is 15.4 Å². The molecule has 3 aromatic carbocycles. The summed E-state index contributed by atoms with van der Waals surface area (Å²) in [5.41, 5.74) is 0.921. The Kier molecular flexibility index (Phi) is 24.0. The van der Waals surface area contributed by atoms with Crippen LogP contribution in [0.15, 0.2) is 84.9 Å². The molecule has 5 atom stereocenters. The number of Topliss-reactive ketones (excluding diaryl/α,β-unsaturated/α-hetero) is 3. The summed E-state index contributed by atoms with van der Waals surface area (Å²) >= 11 is 1.97. The number of aryl methyl sites for hydroxylation is 1. The maximum absolute atomic E-state index is 14.6. The van der Waals surface area contributed by atoms with E-state index in [9.17, 15) is 33.6 Å². The van der Waals surface area contributed by atoms with E-state index in [4.69, 9.17) is 18.9 Å². The molecule has 0 bridgehead atoms. The molecule has 14 nitrogen and oxygen atoms in total. The number of carbonyl (C=O) groups excluding carboxylic acids is 7. The number of hydrogen-bond donors (Lipinski definition) is 2. The minimum Gasteiger partial charge on any atom is -0.497 e. The number of morpholine rings is 1. The van der Waals surface area contributed by atoms with Crippen LogP contribution in [0, 0.1) is 23.7 Å². The van der Waals surface area contributed by atoms with Crippen molar-refractivity contribution in [1.29, 1.82) is 0 Å². The van der Waals surface area contributed by atoms with E-state index in [1.807, 2.05) is 116 Å². The van der Waals surface area contributed by atoms with Gasteiger partial charge in [-0.3, -0.25) is 38.5 Å². The van der Waals surface area contributed by atoms with Crippen LogP contribution in [0.4, 0.5) is 0 Å². The number of benzene rings is 3. The predicted octanol–water partition coefficient (Wildman–Crippen LogP) is 7.24. The monoisotopic (exact) mass is 1070 g/mol. The standard InChI is InChI=1S/C54H72IN3O11/c1-37(2)29-46(56-52(64)42(20-17-39-13-9-7-10-14-39)32-44(59)34-58-25-27-67-28-26-58)48(60)33-43(31-40-15-11-8-12-16-40)53(65)57-47(30-38(3)4)51(63)54(5,36-55)69-50(62)24-23-49(61)68-35-41-18-21-45(66-6)22-19-41/h7-16,18-19,21-22,37-38,42-43,46-47H,17,20,23-36H2,1-6H3,(H,56,64)(H,57,65)/t42-,43-,46+,47+,54-/m1/s1. The molecule has 0 aliphatic carbocycles. The summed E-state index contributed by atoms with van der Waals surface area (Å²) in [6, 6.07) is 24.0. The number of nitrogens with one attached hydrogen (secondary N) is 2. The smallest absolute Gasteiger partial charge is 0.307 e. The van der Waals surface area contributed by atoms with Crippen LogP contribution >= 0.6 is 22.6 Å². The molecule has 2 N–H and O–H groups in total. The van der Waals surface area contributed by atoms with Crippen molar-refractivity contribution in [1.82, 2.24) is 15.5 Å². The van der Waals surface area contributed by atoms with Crippen molar-refractivity contribution in [3.63, 3.8) is 0 Å². The minimum atomic E-state index is -1.66. The van der Waals surface area contributed by atoms with Crippen LogP contribution in [0.3, 0.4) is 0 Å². The Morgan fingerprint density at radius 1 is 0.710 bits per heavy atom. The molecule has 0 spiro atoms. The van der Waals surface area contributed by atoms with Gasteiger partial charge in [-0.2, -0.15) is 0 Å². The number of ether oxygens (including phenoxy) is 4. The Morgan fingerprint density at radius 3 is 1.87 bits per heavy atom. The molecule has 0 unspecified atom stereocenters. The fourth-order valence-corrected chi connectivity index (χ4v) is 8.73. The highest BCUT2D eigenvalue weighted by Gasteiger charge is 2.42. The molecule has 1 saturated heterocycles. The van der Waals surface area contributed by atoms with Gasteiger partial charge in [0.1, 0.15) is 18.1 Å². The van der Waals surface area contributed by atoms with E-state index in [2.05, 4.69) is 10.6 Å². The lowest BCUT2D eigenvalue weighted by Crippen LogP contribution is -2.55. The van der Waals surface area contributed by atoms with Gasteiger partial charge < -0.3 is 29.6 Å². The van der Waals surface area contributed by atoms with Crippen LogP contribution in [0.25, 0.3) is 0 Å². The normalized spacial score (nSPS) is 15.5. The Balaban J connectivity index is 1.49. The zero-order valence-electron chi connectivity index (χ0n) is 41.2. The lowest BCUT2D eigenvalue weighted by Gasteiger charge is -2.32. The summed E-state index contributed by atoms with van der Waals surface area (Å²) in [6.45, 7) is 11.8. The van der Waals surface area contributed by atoms with E-state index in [-0.39, 0.29) is 85.4 Å². The van der Waals surface area contributed by atoms with Crippen molar-refractivity contribution in [2.45, 2.75) is 117 Å². The van der Waals surface area contributed by atoms with Gasteiger partial charge in [0.05, 0.1) is 51.8 Å². The van der Waals surface area contributed by atoms with Gasteiger partial charge >= 0.3 is 11.9 Å². The molecule has 1 aliphatic rings. The van der Waals surface area contributed by atoms with E-state index in [0.29, 0.717) is 51.3 Å². The molecule has 0 saturated carbocycles. The number of methoxy groups -OCH3 is 1. The van der Waals surface area contributed by atoms with E-state index >= 15 is 0 Å². The second kappa shape index (κ2) is 29.2. The van der Waals surface area contributed by atoms with E-state index < -0.39 is 53.1 Å². The molecule has 376 valence electrons. The second-order valence-electron chi connectivity index (χ2n) is 19.0. The first-order valence-corrected chi connectivity index (χ1v) is 25.6. The lowest BCUT2D eigenvalue weighted by molar-refractivity contribution is -0.165. The van der Waals surface area contributed by atoms with E-state index in [1.54, 1.807) is 31.4 Å². The second-order valence-corrected chi connectivity index (χ2v) is 19.8. The maximum atomic E-state index is 14.6. The zero-order valence-corrected chi connectivity index (χ0v) is 43.3. The van der Waals surface area contributed by atoms with Crippen molar-refractivity contribution in [2.75, 3.05) is 44.4 Å². The van der Waals surface area contributed by atoms with Crippen LogP contribution in [-0.4, -0.2) is 108 Å². The van der Waals surface area contributed by atoms with Gasteiger partial charge in [-0.1, -0.05) is 123 Å². The minimum absolute atomic E-state index is 0.00177. The van der Waals surface area contributed by atoms with Gasteiger partial charge in [-0.25, -0.2) is 0 Å². The first-order chi connectivity index (χ1) is 33.0. The summed E-state index contributed by atoms with van der Waals surface area (Å²) in [4.78, 5) is 99.0. The van der Waals surface area contributed by atoms with Gasteiger partial charge in [-0.15, -0.1) is 0 Å². The number of alkyl halides is 1. The lowest BCUT2D eigenvalue weighted by atomic mass is 9.87. The number of nitrogens with zero attached hydrogens (tertiary/aromatic N) is 1. The van der Waals surface area contributed by atoms with Crippen molar-refractivity contribution < 1.29 is 52.5 Å². The number of ketones is 3. The number of halogens is 1. The third kappa shape index (κ3) is 20.1. The van der Waals surface area contributed by atoms with Gasteiger partial charge in [0.15, 0.2) is 17.2 Å². The highest BCUT2D eigenvalue weighted by molar-refractivity contribution is 14.1. The summed E-state index contributed by atoms with van der Waals surface area (Å²) in [5, 5.41) is 5.97. The third-order valence-electron chi connectivity index (χ3n) is 12.1. The molecule has 1 heterocycles. The number of hydrogen-bond acceptors (Lipinski definition) is 12. The number of esters is 2. The van der Waals surface area contributed by atoms with Crippen molar-refractivity contribution in [2.24, 2.45) is 23.7 Å². The van der Waals surface area contributed by atoms with Crippen LogP contribution in [0.2, 0.25) is 0 Å². The zero-order chi connectivity index (χ0) is 50.3. The fourth-order valence-electron chi connectivity index (χ4n) is 8.20. The van der Waals surface area contributed by atoms with Gasteiger partial charge in [0.2, 0.25) is 11.8 Å². The summed E-state index contributed by atoms with van der Waals surface area (Å²) < 4.78 is 21.8. The maximum Gasteiger partial charge on any atom is 0.307 e. The number of amides is 2. The Morgan fingerprint density at radius 2 is 1.28 bits per heavy atom. The van der Waals surface area contributed by atoms with Crippen LogP contribution in [-0.2, 0) is 67.2 Å². The summed E-state index contributed by atoms with van der Waals surface area (Å²) in [6.07, 6.45) is 0.874. The predicted molar refractivity (Wildman–Crippen MR) is 272 cm³/mol. The van der Waals surface area contributed by atoms with Gasteiger partial charge in [-0.05, 0) is 79.7 Å². The van der Waals surface area contributed by atoms with E-state index in [0.717, 1.165) is 16.7 Å². The van der Waals surface area contributed by atoms with Crippen molar-refractivity contribution >= 4 is 63.7 Å². The van der Waals surface area contributed by atoms with Gasteiger partial charge in [0.25, 0.3) is 0 Å². The Hall–Kier alpha value is -5.00. The molecule has 2 amide bonds. The molecular formula is C54H72IN3O11. The summed E-state index contributed by atoms with van der Waals surface area (Å²) in [7, 11) is 1.55.